The van der Waals surface area contributed by atoms with Gasteiger partial charge in [-0.2, -0.15) is 0 Å². The molecule has 21 heavy (non-hydrogen) atoms. The quantitative estimate of drug-likeness (QED) is 0.937. The van der Waals surface area contributed by atoms with E-state index in [1.54, 1.807) is 19.2 Å². The lowest BCUT2D eigenvalue weighted by Gasteiger charge is -2.26. The fourth-order valence-corrected chi connectivity index (χ4v) is 2.57. The van der Waals surface area contributed by atoms with E-state index in [0.29, 0.717) is 5.56 Å². The van der Waals surface area contributed by atoms with Gasteiger partial charge >= 0.3 is 5.97 Å². The first-order valence-corrected chi connectivity index (χ1v) is 6.84. The highest BCUT2D eigenvalue weighted by atomic mass is 16.5. The van der Waals surface area contributed by atoms with Gasteiger partial charge in [0.2, 0.25) is 0 Å². The van der Waals surface area contributed by atoms with Crippen LogP contribution in [-0.4, -0.2) is 18.2 Å². The van der Waals surface area contributed by atoms with Gasteiger partial charge in [0.25, 0.3) is 0 Å². The SMILES string of the molecule is COc1ccc2c(c1)CCC(c1ccc(C(=O)O)cc1)O2. The average Bonchev–Trinajstić information content (AvgIpc) is 2.54. The number of ether oxygens (including phenoxy) is 2. The number of benzene rings is 2. The van der Waals surface area contributed by atoms with E-state index in [1.807, 2.05) is 30.3 Å². The van der Waals surface area contributed by atoms with E-state index in [2.05, 4.69) is 0 Å². The number of hydrogen-bond acceptors (Lipinski definition) is 3. The summed E-state index contributed by atoms with van der Waals surface area (Å²) in [4.78, 5) is 10.9. The lowest BCUT2D eigenvalue weighted by Crippen LogP contribution is -2.15. The van der Waals surface area contributed by atoms with Crippen molar-refractivity contribution in [3.05, 3.63) is 59.2 Å². The molecule has 0 fully saturated rings. The van der Waals surface area contributed by atoms with E-state index in [1.165, 1.54) is 0 Å². The van der Waals surface area contributed by atoms with Gasteiger partial charge in [-0.05, 0) is 54.3 Å². The van der Waals surface area contributed by atoms with Crippen molar-refractivity contribution in [1.29, 1.82) is 0 Å². The van der Waals surface area contributed by atoms with Crippen molar-refractivity contribution in [2.75, 3.05) is 7.11 Å². The second-order valence-corrected chi connectivity index (χ2v) is 5.05. The molecule has 3 rings (SSSR count). The summed E-state index contributed by atoms with van der Waals surface area (Å²) in [6.45, 7) is 0. The summed E-state index contributed by atoms with van der Waals surface area (Å²) >= 11 is 0. The number of carboxylic acids is 1. The zero-order valence-corrected chi connectivity index (χ0v) is 11.7. The Hall–Kier alpha value is -2.49. The molecule has 0 radical (unpaired) electrons. The Bertz CT molecular complexity index is 661. The molecule has 0 bridgehead atoms. The number of carboxylic acid groups (broad SMARTS) is 1. The largest absolute Gasteiger partial charge is 0.497 e. The Balaban J connectivity index is 1.81. The number of carbonyl (C=O) groups is 1. The summed E-state index contributed by atoms with van der Waals surface area (Å²) < 4.78 is 11.2. The molecule has 1 heterocycles. The van der Waals surface area contributed by atoms with Crippen LogP contribution in [0, 0.1) is 0 Å². The van der Waals surface area contributed by atoms with Crippen LogP contribution in [0.4, 0.5) is 0 Å². The van der Waals surface area contributed by atoms with Crippen LogP contribution in [-0.2, 0) is 6.42 Å². The maximum absolute atomic E-state index is 10.9. The van der Waals surface area contributed by atoms with Crippen molar-refractivity contribution in [2.24, 2.45) is 0 Å². The van der Waals surface area contributed by atoms with Crippen molar-refractivity contribution >= 4 is 5.97 Å². The van der Waals surface area contributed by atoms with Gasteiger partial charge in [0.15, 0.2) is 0 Å². The zero-order chi connectivity index (χ0) is 14.8. The molecule has 0 saturated carbocycles. The molecule has 0 aromatic heterocycles. The van der Waals surface area contributed by atoms with Gasteiger partial charge < -0.3 is 14.6 Å². The van der Waals surface area contributed by atoms with Gasteiger partial charge in [0.1, 0.15) is 17.6 Å². The molecule has 1 unspecified atom stereocenters. The maximum Gasteiger partial charge on any atom is 0.335 e. The Kier molecular flexibility index (Phi) is 3.52. The Morgan fingerprint density at radius 1 is 1.24 bits per heavy atom. The van der Waals surface area contributed by atoms with E-state index >= 15 is 0 Å². The van der Waals surface area contributed by atoms with Gasteiger partial charge in [-0.25, -0.2) is 4.79 Å². The number of fused-ring (bicyclic) bond motifs is 1. The fraction of sp³-hybridized carbons (Fsp3) is 0.235. The van der Waals surface area contributed by atoms with Crippen LogP contribution in [0.2, 0.25) is 0 Å². The van der Waals surface area contributed by atoms with Crippen LogP contribution in [0.1, 0.15) is 34.0 Å². The predicted molar refractivity (Wildman–Crippen MR) is 78.1 cm³/mol. The van der Waals surface area contributed by atoms with Crippen LogP contribution >= 0.6 is 0 Å². The van der Waals surface area contributed by atoms with E-state index in [4.69, 9.17) is 14.6 Å². The van der Waals surface area contributed by atoms with Crippen molar-refractivity contribution in [3.8, 4) is 11.5 Å². The van der Waals surface area contributed by atoms with Crippen LogP contribution < -0.4 is 9.47 Å². The van der Waals surface area contributed by atoms with E-state index in [0.717, 1.165) is 35.5 Å². The first-order chi connectivity index (χ1) is 10.2. The van der Waals surface area contributed by atoms with E-state index < -0.39 is 5.97 Å². The van der Waals surface area contributed by atoms with E-state index in [9.17, 15) is 4.79 Å². The minimum absolute atomic E-state index is 0.0336. The molecule has 0 aliphatic carbocycles. The molecule has 1 aliphatic heterocycles. The molecule has 1 atom stereocenters. The van der Waals surface area contributed by atoms with Gasteiger partial charge in [-0.1, -0.05) is 12.1 Å². The molecule has 4 heteroatoms. The molecule has 2 aromatic rings. The smallest absolute Gasteiger partial charge is 0.335 e. The Morgan fingerprint density at radius 2 is 2.00 bits per heavy atom. The van der Waals surface area contributed by atoms with Gasteiger partial charge in [0.05, 0.1) is 12.7 Å². The van der Waals surface area contributed by atoms with Crippen molar-refractivity contribution < 1.29 is 19.4 Å². The number of aryl methyl sites for hydroxylation is 1. The molecule has 1 aliphatic rings. The second kappa shape index (κ2) is 5.48. The first kappa shape index (κ1) is 13.5. The Morgan fingerprint density at radius 3 is 2.67 bits per heavy atom. The highest BCUT2D eigenvalue weighted by Gasteiger charge is 2.21. The van der Waals surface area contributed by atoms with E-state index in [-0.39, 0.29) is 6.10 Å². The average molecular weight is 284 g/mol. The highest BCUT2D eigenvalue weighted by molar-refractivity contribution is 5.87. The third-order valence-corrected chi connectivity index (χ3v) is 3.74. The molecule has 0 spiro atoms. The molecule has 0 amide bonds. The first-order valence-electron chi connectivity index (χ1n) is 6.84. The Labute approximate surface area is 122 Å². The summed E-state index contributed by atoms with van der Waals surface area (Å²) in [6.07, 6.45) is 1.75. The van der Waals surface area contributed by atoms with Crippen LogP contribution in [0.15, 0.2) is 42.5 Å². The molecule has 1 N–H and O–H groups in total. The number of rotatable bonds is 3. The van der Waals surface area contributed by atoms with Crippen LogP contribution in [0.25, 0.3) is 0 Å². The monoisotopic (exact) mass is 284 g/mol. The number of aromatic carboxylic acids is 1. The normalized spacial score (nSPS) is 16.7. The summed E-state index contributed by atoms with van der Waals surface area (Å²) in [7, 11) is 1.65. The topological polar surface area (TPSA) is 55.8 Å². The standard InChI is InChI=1S/C17H16O4/c1-20-14-7-9-16-13(10-14)6-8-15(21-16)11-2-4-12(5-3-11)17(18)19/h2-5,7,9-10,15H,6,8H2,1H3,(H,18,19). The summed E-state index contributed by atoms with van der Waals surface area (Å²) in [5.74, 6) is 0.791. The van der Waals surface area contributed by atoms with Crippen molar-refractivity contribution in [2.45, 2.75) is 18.9 Å². The third-order valence-electron chi connectivity index (χ3n) is 3.74. The summed E-state index contributed by atoms with van der Waals surface area (Å²) in [5, 5.41) is 8.92. The number of methoxy groups -OCH3 is 1. The predicted octanol–water partition coefficient (Wildman–Crippen LogP) is 3.46. The van der Waals surface area contributed by atoms with Crippen molar-refractivity contribution in [1.82, 2.24) is 0 Å². The molecular formula is C17H16O4. The lowest BCUT2D eigenvalue weighted by molar-refractivity contribution is 0.0696. The highest BCUT2D eigenvalue weighted by Crippen LogP contribution is 2.36. The summed E-state index contributed by atoms with van der Waals surface area (Å²) in [6, 6.07) is 12.7. The van der Waals surface area contributed by atoms with Gasteiger partial charge in [-0.3, -0.25) is 0 Å². The molecule has 108 valence electrons. The molecule has 0 saturated heterocycles. The molecule has 4 nitrogen and oxygen atoms in total. The van der Waals surface area contributed by atoms with Crippen LogP contribution in [0.5, 0.6) is 11.5 Å². The van der Waals surface area contributed by atoms with Crippen molar-refractivity contribution in [3.63, 3.8) is 0 Å². The molecular weight excluding hydrogens is 268 g/mol. The zero-order valence-electron chi connectivity index (χ0n) is 11.7. The van der Waals surface area contributed by atoms with Crippen LogP contribution in [0.3, 0.4) is 0 Å². The third kappa shape index (κ3) is 2.70. The minimum atomic E-state index is -0.913. The van der Waals surface area contributed by atoms with Gasteiger partial charge in [-0.15, -0.1) is 0 Å². The lowest BCUT2D eigenvalue weighted by atomic mass is 9.96. The molecule has 2 aromatic carbocycles. The summed E-state index contributed by atoms with van der Waals surface area (Å²) in [5.41, 5.74) is 2.44. The maximum atomic E-state index is 10.9. The minimum Gasteiger partial charge on any atom is -0.497 e. The fourth-order valence-electron chi connectivity index (χ4n) is 2.57. The number of hydrogen-bond donors (Lipinski definition) is 1. The van der Waals surface area contributed by atoms with Gasteiger partial charge in [0, 0.05) is 0 Å². The second-order valence-electron chi connectivity index (χ2n) is 5.05.